The summed E-state index contributed by atoms with van der Waals surface area (Å²) in [6.45, 7) is 0.515. The zero-order valence-corrected chi connectivity index (χ0v) is 17.4. The van der Waals surface area contributed by atoms with Crippen LogP contribution < -0.4 is 24.2 Å². The first-order chi connectivity index (χ1) is 14.9. The Labute approximate surface area is 179 Å². The zero-order valence-electron chi connectivity index (χ0n) is 16.6. The summed E-state index contributed by atoms with van der Waals surface area (Å²) >= 11 is 0. The smallest absolute Gasteiger partial charge is 0.261 e. The Bertz CT molecular complexity index is 1190. The van der Waals surface area contributed by atoms with Crippen molar-refractivity contribution < 1.29 is 27.4 Å². The van der Waals surface area contributed by atoms with Gasteiger partial charge in [0.15, 0.2) is 11.5 Å². The molecule has 31 heavy (non-hydrogen) atoms. The molecule has 0 saturated carbocycles. The fourth-order valence-electron chi connectivity index (χ4n) is 2.99. The SMILES string of the molecule is COc1ccc(S(=O)(=O)Nc2ccc(C(=O)NCc3ccc4c(c3)OCO4)cc2)cc1. The molecule has 0 unspecified atom stereocenters. The molecule has 0 saturated heterocycles. The van der Waals surface area contributed by atoms with Crippen LogP contribution >= 0.6 is 0 Å². The predicted molar refractivity (Wildman–Crippen MR) is 114 cm³/mol. The van der Waals surface area contributed by atoms with E-state index in [1.165, 1.54) is 31.4 Å². The highest BCUT2D eigenvalue weighted by Gasteiger charge is 2.16. The van der Waals surface area contributed by atoms with E-state index in [2.05, 4.69) is 10.0 Å². The average molecular weight is 440 g/mol. The quantitative estimate of drug-likeness (QED) is 0.585. The number of carbonyl (C=O) groups is 1. The summed E-state index contributed by atoms with van der Waals surface area (Å²) in [5, 5.41) is 2.82. The Morgan fingerprint density at radius 2 is 1.68 bits per heavy atom. The Morgan fingerprint density at radius 3 is 2.39 bits per heavy atom. The zero-order chi connectivity index (χ0) is 21.8. The molecule has 0 bridgehead atoms. The van der Waals surface area contributed by atoms with E-state index in [0.717, 1.165) is 5.56 Å². The van der Waals surface area contributed by atoms with E-state index in [0.29, 0.717) is 35.0 Å². The summed E-state index contributed by atoms with van der Waals surface area (Å²) < 4.78 is 43.2. The fraction of sp³-hybridized carbons (Fsp3) is 0.136. The highest BCUT2D eigenvalue weighted by atomic mass is 32.2. The molecule has 3 aromatic carbocycles. The minimum atomic E-state index is -3.75. The van der Waals surface area contributed by atoms with Crippen LogP contribution in [0.15, 0.2) is 71.6 Å². The Morgan fingerprint density at radius 1 is 0.968 bits per heavy atom. The first kappa shape index (κ1) is 20.5. The largest absolute Gasteiger partial charge is 0.497 e. The van der Waals surface area contributed by atoms with Gasteiger partial charge in [-0.1, -0.05) is 6.07 Å². The molecule has 4 rings (SSSR count). The topological polar surface area (TPSA) is 103 Å². The molecule has 2 N–H and O–H groups in total. The van der Waals surface area contributed by atoms with Crippen LogP contribution in [-0.2, 0) is 16.6 Å². The van der Waals surface area contributed by atoms with Crippen molar-refractivity contribution in [3.05, 3.63) is 77.9 Å². The third-order valence-electron chi connectivity index (χ3n) is 4.66. The van der Waals surface area contributed by atoms with Crippen molar-refractivity contribution in [1.82, 2.24) is 5.32 Å². The van der Waals surface area contributed by atoms with Gasteiger partial charge in [0.05, 0.1) is 12.0 Å². The Balaban J connectivity index is 1.37. The lowest BCUT2D eigenvalue weighted by Gasteiger charge is -2.10. The lowest BCUT2D eigenvalue weighted by molar-refractivity contribution is 0.0951. The van der Waals surface area contributed by atoms with Gasteiger partial charge < -0.3 is 19.5 Å². The van der Waals surface area contributed by atoms with E-state index in [9.17, 15) is 13.2 Å². The van der Waals surface area contributed by atoms with Crippen LogP contribution in [-0.4, -0.2) is 28.2 Å². The molecule has 1 amide bonds. The third kappa shape index (κ3) is 4.72. The molecule has 1 heterocycles. The number of anilines is 1. The number of methoxy groups -OCH3 is 1. The molecule has 0 aliphatic carbocycles. The van der Waals surface area contributed by atoms with Gasteiger partial charge in [-0.25, -0.2) is 8.42 Å². The summed E-state index contributed by atoms with van der Waals surface area (Å²) in [5.74, 6) is 1.63. The van der Waals surface area contributed by atoms with E-state index < -0.39 is 10.0 Å². The second-order valence-electron chi connectivity index (χ2n) is 6.73. The molecule has 0 fully saturated rings. The molecule has 0 atom stereocenters. The predicted octanol–water partition coefficient (Wildman–Crippen LogP) is 3.15. The van der Waals surface area contributed by atoms with E-state index in [1.54, 1.807) is 30.3 Å². The number of carbonyl (C=O) groups excluding carboxylic acids is 1. The number of benzene rings is 3. The van der Waals surface area contributed by atoms with Crippen molar-refractivity contribution in [1.29, 1.82) is 0 Å². The number of rotatable bonds is 7. The summed E-state index contributed by atoms with van der Waals surface area (Å²) in [4.78, 5) is 12.5. The number of nitrogens with one attached hydrogen (secondary N) is 2. The van der Waals surface area contributed by atoms with E-state index in [4.69, 9.17) is 14.2 Å². The lowest BCUT2D eigenvalue weighted by Crippen LogP contribution is -2.22. The number of sulfonamides is 1. The summed E-state index contributed by atoms with van der Waals surface area (Å²) in [6, 6.07) is 17.7. The molecule has 3 aromatic rings. The van der Waals surface area contributed by atoms with Crippen LogP contribution in [0.4, 0.5) is 5.69 Å². The molecule has 0 radical (unpaired) electrons. The van der Waals surface area contributed by atoms with Crippen molar-refractivity contribution in [2.75, 3.05) is 18.6 Å². The maximum absolute atomic E-state index is 12.5. The van der Waals surface area contributed by atoms with Gasteiger partial charge >= 0.3 is 0 Å². The van der Waals surface area contributed by atoms with Crippen LogP contribution in [0.5, 0.6) is 17.2 Å². The number of hydrogen-bond acceptors (Lipinski definition) is 6. The maximum Gasteiger partial charge on any atom is 0.261 e. The highest BCUT2D eigenvalue weighted by molar-refractivity contribution is 7.92. The molecule has 0 spiro atoms. The standard InChI is InChI=1S/C22H20N2O6S/c1-28-18-7-9-19(10-8-18)31(26,27)24-17-5-3-16(4-6-17)22(25)23-13-15-2-11-20-21(12-15)30-14-29-20/h2-12,24H,13-14H2,1H3,(H,23,25). The average Bonchev–Trinajstić information content (AvgIpc) is 3.25. The van der Waals surface area contributed by atoms with Gasteiger partial charge in [-0.3, -0.25) is 9.52 Å². The molecule has 160 valence electrons. The molecule has 8 nitrogen and oxygen atoms in total. The summed E-state index contributed by atoms with van der Waals surface area (Å²) in [5.41, 5.74) is 1.64. The number of fused-ring (bicyclic) bond motifs is 1. The van der Waals surface area contributed by atoms with Gasteiger partial charge in [0, 0.05) is 17.8 Å². The molecule has 0 aromatic heterocycles. The van der Waals surface area contributed by atoms with Crippen LogP contribution in [0.2, 0.25) is 0 Å². The Kier molecular flexibility index (Phi) is 5.68. The van der Waals surface area contributed by atoms with Gasteiger partial charge in [0.1, 0.15) is 5.75 Å². The minimum Gasteiger partial charge on any atom is -0.497 e. The van der Waals surface area contributed by atoms with Crippen molar-refractivity contribution >= 4 is 21.6 Å². The van der Waals surface area contributed by atoms with Crippen molar-refractivity contribution in [2.45, 2.75) is 11.4 Å². The van der Waals surface area contributed by atoms with Gasteiger partial charge in [0.2, 0.25) is 6.79 Å². The Hall–Kier alpha value is -3.72. The normalized spacial score (nSPS) is 12.3. The molecule has 9 heteroatoms. The van der Waals surface area contributed by atoms with Crippen molar-refractivity contribution in [3.63, 3.8) is 0 Å². The second-order valence-corrected chi connectivity index (χ2v) is 8.41. The van der Waals surface area contributed by atoms with E-state index in [1.807, 2.05) is 12.1 Å². The second kappa shape index (κ2) is 8.57. The van der Waals surface area contributed by atoms with Crippen LogP contribution in [0.25, 0.3) is 0 Å². The van der Waals surface area contributed by atoms with Crippen LogP contribution in [0, 0.1) is 0 Å². The summed E-state index contributed by atoms with van der Waals surface area (Å²) in [6.07, 6.45) is 0. The first-order valence-corrected chi connectivity index (χ1v) is 10.9. The maximum atomic E-state index is 12.5. The van der Waals surface area contributed by atoms with E-state index >= 15 is 0 Å². The third-order valence-corrected chi connectivity index (χ3v) is 6.06. The number of ether oxygens (including phenoxy) is 3. The first-order valence-electron chi connectivity index (χ1n) is 9.38. The molecular weight excluding hydrogens is 420 g/mol. The van der Waals surface area contributed by atoms with Crippen LogP contribution in [0.1, 0.15) is 15.9 Å². The molecular formula is C22H20N2O6S. The molecule has 1 aliphatic heterocycles. The summed E-state index contributed by atoms with van der Waals surface area (Å²) in [7, 11) is -2.24. The van der Waals surface area contributed by atoms with Gasteiger partial charge in [-0.05, 0) is 66.2 Å². The van der Waals surface area contributed by atoms with Crippen LogP contribution in [0.3, 0.4) is 0 Å². The fourth-order valence-corrected chi connectivity index (χ4v) is 4.05. The number of hydrogen-bond donors (Lipinski definition) is 2. The number of amides is 1. The lowest BCUT2D eigenvalue weighted by atomic mass is 10.1. The minimum absolute atomic E-state index is 0.110. The van der Waals surface area contributed by atoms with Gasteiger partial charge in [-0.2, -0.15) is 0 Å². The monoisotopic (exact) mass is 440 g/mol. The van der Waals surface area contributed by atoms with Crippen molar-refractivity contribution in [2.24, 2.45) is 0 Å². The van der Waals surface area contributed by atoms with Gasteiger partial charge in [-0.15, -0.1) is 0 Å². The van der Waals surface area contributed by atoms with E-state index in [-0.39, 0.29) is 17.6 Å². The van der Waals surface area contributed by atoms with Crippen molar-refractivity contribution in [3.8, 4) is 17.2 Å². The molecule has 1 aliphatic rings. The highest BCUT2D eigenvalue weighted by Crippen LogP contribution is 2.32. The van der Waals surface area contributed by atoms with Gasteiger partial charge in [0.25, 0.3) is 15.9 Å².